The van der Waals surface area contributed by atoms with Gasteiger partial charge in [-0.25, -0.2) is 8.78 Å². The lowest BCUT2D eigenvalue weighted by Crippen LogP contribution is -2.47. The number of nitrogens with two attached hydrogens (primary N) is 1. The molecule has 1 aromatic rings. The van der Waals surface area contributed by atoms with Gasteiger partial charge in [0, 0.05) is 24.2 Å². The number of carbonyl (C=O) groups excluding carboxylic acids is 1. The average Bonchev–Trinajstić information content (AvgIpc) is 3.20. The van der Waals surface area contributed by atoms with Crippen LogP contribution in [-0.4, -0.2) is 22.9 Å². The maximum atomic E-state index is 13.7. The van der Waals surface area contributed by atoms with E-state index in [1.807, 2.05) is 13.8 Å². The summed E-state index contributed by atoms with van der Waals surface area (Å²) in [5.74, 6) is -1.37. The first kappa shape index (κ1) is 14.9. The summed E-state index contributed by atoms with van der Waals surface area (Å²) in [7, 11) is 0. The van der Waals surface area contributed by atoms with E-state index in [1.54, 1.807) is 4.90 Å². The van der Waals surface area contributed by atoms with Crippen LogP contribution in [0.15, 0.2) is 18.2 Å². The molecule has 110 valence electrons. The fourth-order valence-corrected chi connectivity index (χ4v) is 2.08. The van der Waals surface area contributed by atoms with E-state index in [-0.39, 0.29) is 24.4 Å². The second kappa shape index (κ2) is 5.87. The van der Waals surface area contributed by atoms with Crippen molar-refractivity contribution in [2.45, 2.75) is 45.3 Å². The molecule has 0 bridgehead atoms. The van der Waals surface area contributed by atoms with E-state index in [0.717, 1.165) is 18.9 Å². The number of nitrogens with zero attached hydrogens (tertiary/aromatic N) is 1. The van der Waals surface area contributed by atoms with Crippen LogP contribution in [0.2, 0.25) is 0 Å². The minimum absolute atomic E-state index is 0.0295. The second-order valence-corrected chi connectivity index (χ2v) is 5.70. The second-order valence-electron chi connectivity index (χ2n) is 5.70. The molecule has 3 nitrogen and oxygen atoms in total. The Balaban J connectivity index is 2.15. The van der Waals surface area contributed by atoms with E-state index in [9.17, 15) is 13.6 Å². The maximum absolute atomic E-state index is 13.7. The number of hydrogen-bond acceptors (Lipinski definition) is 2. The molecule has 0 spiro atoms. The van der Waals surface area contributed by atoms with Gasteiger partial charge in [-0.05, 0) is 24.8 Å². The molecule has 1 saturated carbocycles. The molecule has 0 heterocycles. The quantitative estimate of drug-likeness (QED) is 0.901. The topological polar surface area (TPSA) is 46.3 Å². The molecule has 0 aromatic heterocycles. The summed E-state index contributed by atoms with van der Waals surface area (Å²) >= 11 is 0. The highest BCUT2D eigenvalue weighted by molar-refractivity contribution is 5.82. The number of rotatable bonds is 5. The van der Waals surface area contributed by atoms with Gasteiger partial charge in [0.1, 0.15) is 11.6 Å². The van der Waals surface area contributed by atoms with Gasteiger partial charge >= 0.3 is 0 Å². The first-order valence-electron chi connectivity index (χ1n) is 6.90. The number of halogens is 2. The monoisotopic (exact) mass is 282 g/mol. The van der Waals surface area contributed by atoms with Crippen LogP contribution in [0.25, 0.3) is 0 Å². The minimum Gasteiger partial charge on any atom is -0.334 e. The van der Waals surface area contributed by atoms with Gasteiger partial charge in [-0.1, -0.05) is 19.9 Å². The van der Waals surface area contributed by atoms with Crippen molar-refractivity contribution in [2.24, 2.45) is 11.7 Å². The summed E-state index contributed by atoms with van der Waals surface area (Å²) in [4.78, 5) is 14.0. The van der Waals surface area contributed by atoms with Gasteiger partial charge in [-0.2, -0.15) is 0 Å². The highest BCUT2D eigenvalue weighted by atomic mass is 19.1. The molecule has 1 aliphatic rings. The highest BCUT2D eigenvalue weighted by Crippen LogP contribution is 2.30. The summed E-state index contributed by atoms with van der Waals surface area (Å²) in [6, 6.07) is 2.98. The molecule has 5 heteroatoms. The summed E-state index contributed by atoms with van der Waals surface area (Å²) < 4.78 is 26.6. The van der Waals surface area contributed by atoms with Crippen LogP contribution in [0.3, 0.4) is 0 Å². The lowest BCUT2D eigenvalue weighted by molar-refractivity contribution is -0.134. The van der Waals surface area contributed by atoms with Gasteiger partial charge in [-0.15, -0.1) is 0 Å². The Morgan fingerprint density at radius 2 is 2.05 bits per heavy atom. The van der Waals surface area contributed by atoms with Crippen molar-refractivity contribution in [3.63, 3.8) is 0 Å². The fraction of sp³-hybridized carbons (Fsp3) is 0.533. The van der Waals surface area contributed by atoms with Crippen LogP contribution in [0.1, 0.15) is 32.3 Å². The molecule has 1 atom stereocenters. The third-order valence-corrected chi connectivity index (χ3v) is 3.63. The van der Waals surface area contributed by atoms with Crippen LogP contribution in [0, 0.1) is 17.6 Å². The van der Waals surface area contributed by atoms with Crippen molar-refractivity contribution in [3.8, 4) is 0 Å². The van der Waals surface area contributed by atoms with E-state index in [4.69, 9.17) is 5.73 Å². The van der Waals surface area contributed by atoms with Crippen LogP contribution in [0.5, 0.6) is 0 Å². The number of hydrogen-bond donors (Lipinski definition) is 1. The smallest absolute Gasteiger partial charge is 0.240 e. The Hall–Kier alpha value is -1.49. The Labute approximate surface area is 117 Å². The standard InChI is InChI=1S/C15H20F2N2O/c1-9(2)14(18)15(20)19(12-5-6-12)8-10-3-4-11(16)7-13(10)17/h3-4,7,9,12,14H,5-6,8,18H2,1-2H3. The molecule has 2 rings (SSSR count). The van der Waals surface area contributed by atoms with Crippen molar-refractivity contribution in [2.75, 3.05) is 0 Å². The van der Waals surface area contributed by atoms with Crippen molar-refractivity contribution >= 4 is 5.91 Å². The van der Waals surface area contributed by atoms with Gasteiger partial charge in [-0.3, -0.25) is 4.79 Å². The molecule has 1 aliphatic carbocycles. The van der Waals surface area contributed by atoms with E-state index in [1.165, 1.54) is 12.1 Å². The first-order chi connectivity index (χ1) is 9.40. The molecule has 1 aromatic carbocycles. The molecular formula is C15H20F2N2O. The molecule has 1 unspecified atom stereocenters. The van der Waals surface area contributed by atoms with Gasteiger partial charge in [0.05, 0.1) is 6.04 Å². The molecule has 0 saturated heterocycles. The van der Waals surface area contributed by atoms with Crippen molar-refractivity contribution in [1.82, 2.24) is 4.90 Å². The van der Waals surface area contributed by atoms with Gasteiger partial charge in [0.2, 0.25) is 5.91 Å². The molecule has 20 heavy (non-hydrogen) atoms. The maximum Gasteiger partial charge on any atom is 0.240 e. The fourth-order valence-electron chi connectivity index (χ4n) is 2.08. The lowest BCUT2D eigenvalue weighted by atomic mass is 10.0. The molecule has 1 amide bonds. The number of carbonyl (C=O) groups is 1. The molecule has 0 aliphatic heterocycles. The van der Waals surface area contributed by atoms with Crippen molar-refractivity contribution in [3.05, 3.63) is 35.4 Å². The van der Waals surface area contributed by atoms with Gasteiger partial charge < -0.3 is 10.6 Å². The SMILES string of the molecule is CC(C)C(N)C(=O)N(Cc1ccc(F)cc1F)C1CC1. The van der Waals surface area contributed by atoms with Crippen LogP contribution in [-0.2, 0) is 11.3 Å². The predicted molar refractivity (Wildman–Crippen MR) is 72.7 cm³/mol. The zero-order valence-corrected chi connectivity index (χ0v) is 11.8. The number of amides is 1. The molecular weight excluding hydrogens is 262 g/mol. The van der Waals surface area contributed by atoms with Gasteiger partial charge in [0.25, 0.3) is 0 Å². The largest absolute Gasteiger partial charge is 0.334 e. The van der Waals surface area contributed by atoms with Crippen LogP contribution < -0.4 is 5.73 Å². The minimum atomic E-state index is -0.624. The summed E-state index contributed by atoms with van der Waals surface area (Å²) in [5, 5.41) is 0. The normalized spacial score (nSPS) is 16.3. The zero-order valence-electron chi connectivity index (χ0n) is 11.8. The zero-order chi connectivity index (χ0) is 14.9. The highest BCUT2D eigenvalue weighted by Gasteiger charge is 2.35. The lowest BCUT2D eigenvalue weighted by Gasteiger charge is -2.27. The van der Waals surface area contributed by atoms with E-state index in [0.29, 0.717) is 5.56 Å². The first-order valence-corrected chi connectivity index (χ1v) is 6.90. The van der Waals surface area contributed by atoms with Crippen molar-refractivity contribution < 1.29 is 13.6 Å². The number of benzene rings is 1. The Morgan fingerprint density at radius 1 is 1.40 bits per heavy atom. The summed E-state index contributed by atoms with van der Waals surface area (Å²) in [6.07, 6.45) is 1.83. The molecule has 2 N–H and O–H groups in total. The Kier molecular flexibility index (Phi) is 4.38. The van der Waals surface area contributed by atoms with Crippen LogP contribution >= 0.6 is 0 Å². The molecule has 1 fully saturated rings. The summed E-state index contributed by atoms with van der Waals surface area (Å²) in [5.41, 5.74) is 6.22. The van der Waals surface area contributed by atoms with E-state index in [2.05, 4.69) is 0 Å². The third kappa shape index (κ3) is 3.33. The van der Waals surface area contributed by atoms with Crippen LogP contribution in [0.4, 0.5) is 8.78 Å². The van der Waals surface area contributed by atoms with E-state index < -0.39 is 17.7 Å². The molecule has 0 radical (unpaired) electrons. The predicted octanol–water partition coefficient (Wildman–Crippen LogP) is 2.44. The van der Waals surface area contributed by atoms with Crippen molar-refractivity contribution in [1.29, 1.82) is 0 Å². The summed E-state index contributed by atoms with van der Waals surface area (Å²) in [6.45, 7) is 3.91. The average molecular weight is 282 g/mol. The van der Waals surface area contributed by atoms with Gasteiger partial charge in [0.15, 0.2) is 0 Å². The third-order valence-electron chi connectivity index (χ3n) is 3.63. The Morgan fingerprint density at radius 3 is 2.55 bits per heavy atom. The van der Waals surface area contributed by atoms with E-state index >= 15 is 0 Å². The Bertz CT molecular complexity index is 501.